The molecule has 3 rings (SSSR count). The van der Waals surface area contributed by atoms with Crippen LogP contribution in [-0.2, 0) is 0 Å². The van der Waals surface area contributed by atoms with Crippen LogP contribution in [-0.4, -0.2) is 55.1 Å². The van der Waals surface area contributed by atoms with Crippen LogP contribution < -0.4 is 10.2 Å². The van der Waals surface area contributed by atoms with E-state index in [0.29, 0.717) is 11.8 Å². The lowest BCUT2D eigenvalue weighted by Crippen LogP contribution is -2.52. The Morgan fingerprint density at radius 1 is 1.22 bits per heavy atom. The van der Waals surface area contributed by atoms with Crippen LogP contribution in [0.4, 0.5) is 5.00 Å². The molecule has 1 saturated heterocycles. The van der Waals surface area contributed by atoms with Crippen molar-refractivity contribution in [2.75, 3.05) is 44.2 Å². The molecule has 0 aromatic carbocycles. The highest BCUT2D eigenvalue weighted by molar-refractivity contribution is 7.14. The minimum atomic E-state index is 0.389. The number of piperazine rings is 1. The molecule has 0 spiro atoms. The van der Waals surface area contributed by atoms with E-state index in [1.54, 1.807) is 0 Å². The Labute approximate surface area is 167 Å². The minimum absolute atomic E-state index is 0.389. The average Bonchev–Trinajstić information content (AvgIpc) is 3.23. The standard InChI is InChI=1S/C21H31N5S/c1-4-23-21(24-16-19(17(2)3)18-7-5-9-22-15-18)26-12-10-25(11-13-26)20-8-6-14-27-20/h5-9,14-15,17,19H,4,10-13,16H2,1-3H3,(H,23,24). The van der Waals surface area contributed by atoms with Crippen LogP contribution in [0, 0.1) is 5.92 Å². The molecule has 1 fully saturated rings. The Morgan fingerprint density at radius 2 is 2.04 bits per heavy atom. The maximum Gasteiger partial charge on any atom is 0.194 e. The van der Waals surface area contributed by atoms with Crippen LogP contribution in [0.25, 0.3) is 0 Å². The van der Waals surface area contributed by atoms with Gasteiger partial charge in [0.05, 0.1) is 5.00 Å². The zero-order chi connectivity index (χ0) is 19.1. The number of hydrogen-bond donors (Lipinski definition) is 1. The van der Waals surface area contributed by atoms with E-state index in [0.717, 1.165) is 45.2 Å². The van der Waals surface area contributed by atoms with Gasteiger partial charge in [0.2, 0.25) is 0 Å². The summed E-state index contributed by atoms with van der Waals surface area (Å²) in [7, 11) is 0. The number of rotatable bonds is 6. The summed E-state index contributed by atoms with van der Waals surface area (Å²) in [6.07, 6.45) is 3.81. The predicted molar refractivity (Wildman–Crippen MR) is 116 cm³/mol. The number of nitrogens with one attached hydrogen (secondary N) is 1. The smallest absolute Gasteiger partial charge is 0.194 e. The topological polar surface area (TPSA) is 43.8 Å². The molecule has 0 radical (unpaired) electrons. The van der Waals surface area contributed by atoms with Gasteiger partial charge in [-0.25, -0.2) is 0 Å². The van der Waals surface area contributed by atoms with E-state index in [1.807, 2.05) is 29.8 Å². The maximum absolute atomic E-state index is 5.01. The molecule has 2 aromatic heterocycles. The summed E-state index contributed by atoms with van der Waals surface area (Å²) in [5.74, 6) is 1.95. The van der Waals surface area contributed by atoms with Crippen molar-refractivity contribution in [3.05, 3.63) is 47.6 Å². The fourth-order valence-electron chi connectivity index (χ4n) is 3.50. The van der Waals surface area contributed by atoms with Gasteiger partial charge < -0.3 is 15.1 Å². The zero-order valence-electron chi connectivity index (χ0n) is 16.6. The summed E-state index contributed by atoms with van der Waals surface area (Å²) < 4.78 is 0. The van der Waals surface area contributed by atoms with Crippen LogP contribution >= 0.6 is 11.3 Å². The largest absolute Gasteiger partial charge is 0.360 e. The van der Waals surface area contributed by atoms with E-state index >= 15 is 0 Å². The quantitative estimate of drug-likeness (QED) is 0.609. The third-order valence-corrected chi connectivity index (χ3v) is 6.02. The monoisotopic (exact) mass is 385 g/mol. The van der Waals surface area contributed by atoms with Gasteiger partial charge in [-0.1, -0.05) is 19.9 Å². The number of guanidine groups is 1. The Kier molecular flexibility index (Phi) is 7.10. The van der Waals surface area contributed by atoms with Gasteiger partial charge in [0, 0.05) is 57.6 Å². The Bertz CT molecular complexity index is 691. The lowest BCUT2D eigenvalue weighted by Gasteiger charge is -2.37. The highest BCUT2D eigenvalue weighted by Gasteiger charge is 2.21. The van der Waals surface area contributed by atoms with Crippen molar-refractivity contribution in [1.82, 2.24) is 15.2 Å². The van der Waals surface area contributed by atoms with E-state index in [4.69, 9.17) is 4.99 Å². The molecular formula is C21H31N5S. The third-order valence-electron chi connectivity index (χ3n) is 5.09. The van der Waals surface area contributed by atoms with Crippen LogP contribution in [0.1, 0.15) is 32.3 Å². The molecule has 0 bridgehead atoms. The fraction of sp³-hybridized carbons (Fsp3) is 0.524. The second-order valence-electron chi connectivity index (χ2n) is 7.26. The average molecular weight is 386 g/mol. The molecule has 2 aromatic rings. The molecule has 3 heterocycles. The number of nitrogens with zero attached hydrogens (tertiary/aromatic N) is 4. The van der Waals surface area contributed by atoms with Crippen LogP contribution in [0.3, 0.4) is 0 Å². The normalized spacial score (nSPS) is 16.7. The second kappa shape index (κ2) is 9.74. The first-order valence-electron chi connectivity index (χ1n) is 9.90. The number of aromatic nitrogens is 1. The van der Waals surface area contributed by atoms with Gasteiger partial charge in [0.15, 0.2) is 5.96 Å². The molecule has 1 N–H and O–H groups in total. The summed E-state index contributed by atoms with van der Waals surface area (Å²) in [6.45, 7) is 12.4. The van der Waals surface area contributed by atoms with Crippen LogP contribution in [0.15, 0.2) is 47.0 Å². The lowest BCUT2D eigenvalue weighted by atomic mass is 9.89. The van der Waals surface area contributed by atoms with Crippen molar-refractivity contribution < 1.29 is 0 Å². The first kappa shape index (κ1) is 19.7. The Hall–Kier alpha value is -2.08. The molecule has 1 unspecified atom stereocenters. The van der Waals surface area contributed by atoms with Crippen molar-refractivity contribution in [2.24, 2.45) is 10.9 Å². The van der Waals surface area contributed by atoms with Crippen molar-refractivity contribution >= 4 is 22.3 Å². The predicted octanol–water partition coefficient (Wildman–Crippen LogP) is 3.67. The molecule has 1 aliphatic heterocycles. The van der Waals surface area contributed by atoms with E-state index in [1.165, 1.54) is 10.6 Å². The molecule has 0 amide bonds. The molecule has 0 saturated carbocycles. The molecule has 0 aliphatic carbocycles. The van der Waals surface area contributed by atoms with Gasteiger partial charge >= 0.3 is 0 Å². The van der Waals surface area contributed by atoms with Gasteiger partial charge in [-0.15, -0.1) is 11.3 Å². The Morgan fingerprint density at radius 3 is 2.63 bits per heavy atom. The molecule has 27 heavy (non-hydrogen) atoms. The molecular weight excluding hydrogens is 354 g/mol. The van der Waals surface area contributed by atoms with Crippen molar-refractivity contribution in [3.63, 3.8) is 0 Å². The number of aliphatic imine (C=N–C) groups is 1. The van der Waals surface area contributed by atoms with E-state index < -0.39 is 0 Å². The van der Waals surface area contributed by atoms with Crippen molar-refractivity contribution in [2.45, 2.75) is 26.7 Å². The van der Waals surface area contributed by atoms with Gasteiger partial charge in [0.1, 0.15) is 0 Å². The number of anilines is 1. The summed E-state index contributed by atoms with van der Waals surface area (Å²) in [5, 5.41) is 7.01. The van der Waals surface area contributed by atoms with Crippen molar-refractivity contribution in [1.29, 1.82) is 0 Å². The SMILES string of the molecule is CCNC(=NCC(c1cccnc1)C(C)C)N1CCN(c2cccs2)CC1. The van der Waals surface area contributed by atoms with E-state index in [2.05, 4.69) is 64.5 Å². The summed E-state index contributed by atoms with van der Waals surface area (Å²) in [5.41, 5.74) is 1.27. The van der Waals surface area contributed by atoms with Gasteiger partial charge in [-0.2, -0.15) is 0 Å². The van der Waals surface area contributed by atoms with Crippen LogP contribution in [0.2, 0.25) is 0 Å². The number of hydrogen-bond acceptors (Lipinski definition) is 4. The van der Waals surface area contributed by atoms with E-state index in [-0.39, 0.29) is 0 Å². The first-order valence-corrected chi connectivity index (χ1v) is 10.8. The summed E-state index contributed by atoms with van der Waals surface area (Å²) >= 11 is 1.82. The fourth-order valence-corrected chi connectivity index (χ4v) is 4.28. The lowest BCUT2D eigenvalue weighted by molar-refractivity contribution is 0.371. The summed E-state index contributed by atoms with van der Waals surface area (Å²) in [6, 6.07) is 8.52. The molecule has 6 heteroatoms. The Balaban J connectivity index is 1.65. The highest BCUT2D eigenvalue weighted by Crippen LogP contribution is 2.25. The number of thiophene rings is 1. The molecule has 1 atom stereocenters. The minimum Gasteiger partial charge on any atom is -0.360 e. The molecule has 146 valence electrons. The highest BCUT2D eigenvalue weighted by atomic mass is 32.1. The van der Waals surface area contributed by atoms with Gasteiger partial charge in [0.25, 0.3) is 0 Å². The van der Waals surface area contributed by atoms with Crippen molar-refractivity contribution in [3.8, 4) is 0 Å². The van der Waals surface area contributed by atoms with Crippen LogP contribution in [0.5, 0.6) is 0 Å². The number of pyridine rings is 1. The maximum atomic E-state index is 5.01. The zero-order valence-corrected chi connectivity index (χ0v) is 17.5. The third kappa shape index (κ3) is 5.22. The van der Waals surface area contributed by atoms with E-state index in [9.17, 15) is 0 Å². The molecule has 5 nitrogen and oxygen atoms in total. The van der Waals surface area contributed by atoms with Gasteiger partial charge in [-0.05, 0) is 42.0 Å². The molecule has 1 aliphatic rings. The first-order chi connectivity index (χ1) is 13.2. The summed E-state index contributed by atoms with van der Waals surface area (Å²) in [4.78, 5) is 14.2. The second-order valence-corrected chi connectivity index (χ2v) is 8.18. The van der Waals surface area contributed by atoms with Gasteiger partial charge in [-0.3, -0.25) is 9.98 Å².